The minimum Gasteiger partial charge on any atom is -0.380 e. The van der Waals surface area contributed by atoms with Crippen molar-refractivity contribution in [2.24, 2.45) is 5.41 Å². The Morgan fingerprint density at radius 1 is 1.06 bits per heavy atom. The van der Waals surface area contributed by atoms with Crippen molar-refractivity contribution in [3.8, 4) is 5.69 Å². The Morgan fingerprint density at radius 3 is 2.61 bits per heavy atom. The van der Waals surface area contributed by atoms with E-state index < -0.39 is 5.41 Å². The third-order valence-electron chi connectivity index (χ3n) is 5.61. The van der Waals surface area contributed by atoms with Gasteiger partial charge >= 0.3 is 0 Å². The molecule has 0 bridgehead atoms. The first kappa shape index (κ1) is 25.3. The smallest absolute Gasteiger partial charge is 0.257 e. The lowest BCUT2D eigenvalue weighted by atomic mass is 9.95. The maximum atomic E-state index is 13.2. The molecular formula is C27H28ClN5O3. The maximum Gasteiger partial charge on any atom is 0.257 e. The van der Waals surface area contributed by atoms with Crippen LogP contribution in [0.2, 0.25) is 5.02 Å². The van der Waals surface area contributed by atoms with Crippen LogP contribution in [-0.2, 0) is 22.7 Å². The fourth-order valence-corrected chi connectivity index (χ4v) is 3.90. The second-order valence-corrected chi connectivity index (χ2v) is 9.89. The number of benzene rings is 2. The molecule has 2 aromatic heterocycles. The number of nitrogens with one attached hydrogen (secondary N) is 2. The van der Waals surface area contributed by atoms with Crippen LogP contribution >= 0.6 is 11.6 Å². The van der Waals surface area contributed by atoms with Crippen molar-refractivity contribution in [2.45, 2.75) is 33.9 Å². The number of amides is 2. The molecule has 9 heteroatoms. The summed E-state index contributed by atoms with van der Waals surface area (Å²) < 4.78 is 6.97. The van der Waals surface area contributed by atoms with E-state index in [1.54, 1.807) is 48.6 Å². The van der Waals surface area contributed by atoms with Crippen molar-refractivity contribution in [3.05, 3.63) is 82.8 Å². The standard InChI is InChI=1S/C27H28ClN5O3/c1-27(2,3)26(35)30-13-17-8-9-22(28)20(11-17)25(34)32-23-6-5-7-24-21(23)15-31-33(24)19-10-18(16-36-4)12-29-14-19/h5-12,14-15H,13,16H2,1-4H3,(H,30,35)(H,32,34). The van der Waals surface area contributed by atoms with Crippen LogP contribution in [0.25, 0.3) is 16.6 Å². The number of methoxy groups -OCH3 is 1. The molecule has 36 heavy (non-hydrogen) atoms. The molecular weight excluding hydrogens is 478 g/mol. The van der Waals surface area contributed by atoms with Gasteiger partial charge in [-0.3, -0.25) is 14.6 Å². The normalized spacial score (nSPS) is 11.5. The molecule has 2 heterocycles. The van der Waals surface area contributed by atoms with Crippen molar-refractivity contribution in [1.82, 2.24) is 20.1 Å². The Labute approximate surface area is 214 Å². The summed E-state index contributed by atoms with van der Waals surface area (Å²) in [5, 5.41) is 11.5. The Hall–Kier alpha value is -3.75. The van der Waals surface area contributed by atoms with E-state index in [1.807, 2.05) is 45.0 Å². The summed E-state index contributed by atoms with van der Waals surface area (Å²) in [6.45, 7) is 6.28. The molecule has 2 N–H and O–H groups in total. The molecule has 2 aromatic carbocycles. The topological polar surface area (TPSA) is 98.1 Å². The van der Waals surface area contributed by atoms with Crippen molar-refractivity contribution >= 4 is 40.0 Å². The van der Waals surface area contributed by atoms with Gasteiger partial charge in [-0.1, -0.05) is 44.5 Å². The largest absolute Gasteiger partial charge is 0.380 e. The number of nitrogens with zero attached hydrogens (tertiary/aromatic N) is 3. The number of halogens is 1. The molecule has 4 rings (SSSR count). The summed E-state index contributed by atoms with van der Waals surface area (Å²) >= 11 is 6.35. The summed E-state index contributed by atoms with van der Waals surface area (Å²) in [6.07, 6.45) is 5.17. The van der Waals surface area contributed by atoms with Crippen molar-refractivity contribution < 1.29 is 14.3 Å². The van der Waals surface area contributed by atoms with E-state index in [9.17, 15) is 9.59 Å². The van der Waals surface area contributed by atoms with Gasteiger partial charge in [-0.25, -0.2) is 4.68 Å². The average molecular weight is 506 g/mol. The van der Waals surface area contributed by atoms with Gasteiger partial charge in [0.25, 0.3) is 5.91 Å². The summed E-state index contributed by atoms with van der Waals surface area (Å²) in [4.78, 5) is 29.7. The molecule has 0 saturated carbocycles. The van der Waals surface area contributed by atoms with E-state index in [2.05, 4.69) is 20.7 Å². The molecule has 0 fully saturated rings. The maximum absolute atomic E-state index is 13.2. The monoisotopic (exact) mass is 505 g/mol. The number of fused-ring (bicyclic) bond motifs is 1. The third-order valence-corrected chi connectivity index (χ3v) is 5.94. The second-order valence-electron chi connectivity index (χ2n) is 9.48. The molecule has 186 valence electrons. The highest BCUT2D eigenvalue weighted by Gasteiger charge is 2.21. The molecule has 0 spiro atoms. The lowest BCUT2D eigenvalue weighted by Crippen LogP contribution is -2.34. The Morgan fingerprint density at radius 2 is 1.86 bits per heavy atom. The fourth-order valence-electron chi connectivity index (χ4n) is 3.69. The highest BCUT2D eigenvalue weighted by Crippen LogP contribution is 2.27. The van der Waals surface area contributed by atoms with Gasteiger partial charge in [0, 0.05) is 30.7 Å². The van der Waals surface area contributed by atoms with E-state index >= 15 is 0 Å². The number of hydrogen-bond donors (Lipinski definition) is 2. The van der Waals surface area contributed by atoms with Gasteiger partial charge in [0.05, 0.1) is 46.5 Å². The number of aromatic nitrogens is 3. The van der Waals surface area contributed by atoms with E-state index in [-0.39, 0.29) is 11.8 Å². The molecule has 0 atom stereocenters. The van der Waals surface area contributed by atoms with Crippen molar-refractivity contribution in [3.63, 3.8) is 0 Å². The summed E-state index contributed by atoms with van der Waals surface area (Å²) in [5.41, 5.74) is 3.72. The van der Waals surface area contributed by atoms with Gasteiger partial charge in [-0.2, -0.15) is 5.10 Å². The van der Waals surface area contributed by atoms with Gasteiger partial charge in [-0.05, 0) is 41.5 Å². The summed E-state index contributed by atoms with van der Waals surface area (Å²) in [7, 11) is 1.63. The quantitative estimate of drug-likeness (QED) is 0.362. The predicted molar refractivity (Wildman–Crippen MR) is 140 cm³/mol. The minimum absolute atomic E-state index is 0.0740. The Bertz CT molecular complexity index is 1420. The Kier molecular flexibility index (Phi) is 7.37. The predicted octanol–water partition coefficient (Wildman–Crippen LogP) is 5.13. The first-order valence-electron chi connectivity index (χ1n) is 11.5. The van der Waals surface area contributed by atoms with Crippen LogP contribution in [-0.4, -0.2) is 33.7 Å². The molecule has 4 aromatic rings. The minimum atomic E-state index is -0.503. The number of anilines is 1. The number of ether oxygens (including phenoxy) is 1. The molecule has 2 amide bonds. The molecule has 0 aliphatic rings. The zero-order valence-electron chi connectivity index (χ0n) is 20.6. The van der Waals surface area contributed by atoms with Crippen LogP contribution in [0.4, 0.5) is 5.69 Å². The highest BCUT2D eigenvalue weighted by molar-refractivity contribution is 6.34. The molecule has 0 radical (unpaired) electrons. The Balaban J connectivity index is 1.58. The van der Waals surface area contributed by atoms with Crippen molar-refractivity contribution in [1.29, 1.82) is 0 Å². The van der Waals surface area contributed by atoms with Crippen LogP contribution in [0.15, 0.2) is 61.1 Å². The second kappa shape index (κ2) is 10.5. The van der Waals surface area contributed by atoms with Crippen LogP contribution < -0.4 is 10.6 Å². The molecule has 8 nitrogen and oxygen atoms in total. The van der Waals surface area contributed by atoms with Crippen LogP contribution in [0.3, 0.4) is 0 Å². The van der Waals surface area contributed by atoms with Gasteiger partial charge in [0.2, 0.25) is 5.91 Å². The number of pyridine rings is 1. The zero-order chi connectivity index (χ0) is 25.9. The average Bonchev–Trinajstić information content (AvgIpc) is 3.28. The molecule has 0 aliphatic carbocycles. The SMILES string of the molecule is COCc1cncc(-n2ncc3c(NC(=O)c4cc(CNC(=O)C(C)(C)C)ccc4Cl)cccc32)c1. The molecule has 0 saturated heterocycles. The van der Waals surface area contributed by atoms with Gasteiger partial charge in [-0.15, -0.1) is 0 Å². The van der Waals surface area contributed by atoms with E-state index in [0.717, 1.165) is 27.7 Å². The first-order chi connectivity index (χ1) is 17.2. The lowest BCUT2D eigenvalue weighted by Gasteiger charge is -2.18. The summed E-state index contributed by atoms with van der Waals surface area (Å²) in [5.74, 6) is -0.428. The third kappa shape index (κ3) is 5.56. The number of carbonyl (C=O) groups is 2. The van der Waals surface area contributed by atoms with Gasteiger partial charge in [0.15, 0.2) is 0 Å². The zero-order valence-corrected chi connectivity index (χ0v) is 21.4. The number of rotatable bonds is 7. The van der Waals surface area contributed by atoms with Crippen LogP contribution in [0.1, 0.15) is 42.3 Å². The molecule has 0 unspecified atom stereocenters. The highest BCUT2D eigenvalue weighted by atomic mass is 35.5. The number of carbonyl (C=O) groups excluding carboxylic acids is 2. The van der Waals surface area contributed by atoms with E-state index in [0.29, 0.717) is 29.4 Å². The van der Waals surface area contributed by atoms with Gasteiger partial charge < -0.3 is 15.4 Å². The van der Waals surface area contributed by atoms with Gasteiger partial charge in [0.1, 0.15) is 0 Å². The van der Waals surface area contributed by atoms with Crippen molar-refractivity contribution in [2.75, 3.05) is 12.4 Å². The van der Waals surface area contributed by atoms with E-state index in [1.165, 1.54) is 0 Å². The number of hydrogen-bond acceptors (Lipinski definition) is 5. The van der Waals surface area contributed by atoms with Crippen LogP contribution in [0.5, 0.6) is 0 Å². The van der Waals surface area contributed by atoms with E-state index in [4.69, 9.17) is 16.3 Å². The fraction of sp³-hybridized carbons (Fsp3) is 0.259. The summed E-state index contributed by atoms with van der Waals surface area (Å²) in [6, 6.07) is 12.7. The van der Waals surface area contributed by atoms with Crippen LogP contribution in [0, 0.1) is 5.41 Å². The molecule has 0 aliphatic heterocycles. The lowest BCUT2D eigenvalue weighted by molar-refractivity contribution is -0.128. The first-order valence-corrected chi connectivity index (χ1v) is 11.8.